The molecule has 0 amide bonds. The molecule has 1 aromatic rings. The van der Waals surface area contributed by atoms with Crippen molar-refractivity contribution in [2.45, 2.75) is 32.4 Å². The van der Waals surface area contributed by atoms with Gasteiger partial charge in [-0.05, 0) is 44.5 Å². The number of rotatable bonds is 2. The van der Waals surface area contributed by atoms with Crippen LogP contribution in [0.4, 0.5) is 10.1 Å². The molecule has 0 saturated carbocycles. The average molecular weight is 271 g/mol. The van der Waals surface area contributed by atoms with Crippen LogP contribution in [0, 0.1) is 11.7 Å². The molecule has 3 unspecified atom stereocenters. The van der Waals surface area contributed by atoms with Gasteiger partial charge in [-0.2, -0.15) is 0 Å². The SMILES string of the molecule is CNC1CCN(c2ccc(F)c(Cl)c2)C(C)C1C. The van der Waals surface area contributed by atoms with Crippen molar-refractivity contribution in [3.8, 4) is 0 Å². The fraction of sp³-hybridized carbons (Fsp3) is 0.571. The molecule has 1 aliphatic rings. The number of piperidine rings is 1. The summed E-state index contributed by atoms with van der Waals surface area (Å²) in [7, 11) is 2.01. The maximum absolute atomic E-state index is 13.2. The smallest absolute Gasteiger partial charge is 0.141 e. The molecule has 3 atom stereocenters. The van der Waals surface area contributed by atoms with Gasteiger partial charge in [-0.3, -0.25) is 0 Å². The van der Waals surface area contributed by atoms with Crippen molar-refractivity contribution in [1.82, 2.24) is 5.32 Å². The number of nitrogens with one attached hydrogen (secondary N) is 1. The quantitative estimate of drug-likeness (QED) is 0.887. The van der Waals surface area contributed by atoms with Gasteiger partial charge in [-0.15, -0.1) is 0 Å². The summed E-state index contributed by atoms with van der Waals surface area (Å²) in [5.74, 6) is 0.193. The average Bonchev–Trinajstić information content (AvgIpc) is 2.36. The van der Waals surface area contributed by atoms with Crippen LogP contribution in [0.5, 0.6) is 0 Å². The minimum absolute atomic E-state index is 0.197. The maximum atomic E-state index is 13.2. The van der Waals surface area contributed by atoms with E-state index in [9.17, 15) is 4.39 Å². The summed E-state index contributed by atoms with van der Waals surface area (Å²) in [6, 6.07) is 5.94. The summed E-state index contributed by atoms with van der Waals surface area (Å²) < 4.78 is 13.2. The zero-order valence-electron chi connectivity index (χ0n) is 11.1. The number of hydrogen-bond donors (Lipinski definition) is 1. The minimum Gasteiger partial charge on any atom is -0.368 e. The van der Waals surface area contributed by atoms with Crippen molar-refractivity contribution in [2.24, 2.45) is 5.92 Å². The molecule has 1 heterocycles. The van der Waals surface area contributed by atoms with Crippen molar-refractivity contribution in [3.63, 3.8) is 0 Å². The van der Waals surface area contributed by atoms with Gasteiger partial charge in [-0.25, -0.2) is 4.39 Å². The van der Waals surface area contributed by atoms with Crippen LogP contribution in [0.25, 0.3) is 0 Å². The Morgan fingerprint density at radius 1 is 1.39 bits per heavy atom. The summed E-state index contributed by atoms with van der Waals surface area (Å²) in [6.07, 6.45) is 1.09. The third kappa shape index (κ3) is 2.47. The van der Waals surface area contributed by atoms with Gasteiger partial charge in [0.15, 0.2) is 0 Å². The molecule has 4 heteroatoms. The molecule has 1 aromatic carbocycles. The van der Waals surface area contributed by atoms with Gasteiger partial charge in [0.05, 0.1) is 5.02 Å². The van der Waals surface area contributed by atoms with Crippen LogP contribution in [0.3, 0.4) is 0 Å². The predicted molar refractivity (Wildman–Crippen MR) is 74.8 cm³/mol. The van der Waals surface area contributed by atoms with E-state index >= 15 is 0 Å². The molecule has 0 radical (unpaired) electrons. The molecule has 2 rings (SSSR count). The second-order valence-corrected chi connectivity index (χ2v) is 5.48. The van der Waals surface area contributed by atoms with E-state index in [0.29, 0.717) is 18.0 Å². The molecule has 0 aliphatic carbocycles. The fourth-order valence-electron chi connectivity index (χ4n) is 2.80. The Bertz CT molecular complexity index is 424. The third-order valence-corrected chi connectivity index (χ3v) is 4.46. The molecular formula is C14H20ClFN2. The molecular weight excluding hydrogens is 251 g/mol. The second-order valence-electron chi connectivity index (χ2n) is 5.08. The van der Waals surface area contributed by atoms with E-state index in [1.807, 2.05) is 13.1 Å². The molecule has 1 fully saturated rings. The maximum Gasteiger partial charge on any atom is 0.141 e. The summed E-state index contributed by atoms with van der Waals surface area (Å²) in [6.45, 7) is 5.44. The molecule has 18 heavy (non-hydrogen) atoms. The molecule has 1 saturated heterocycles. The molecule has 100 valence electrons. The van der Waals surface area contributed by atoms with Crippen LogP contribution in [0.1, 0.15) is 20.3 Å². The second kappa shape index (κ2) is 5.45. The van der Waals surface area contributed by atoms with E-state index in [1.165, 1.54) is 6.07 Å². The van der Waals surface area contributed by atoms with Crippen molar-refractivity contribution in [1.29, 1.82) is 0 Å². The first-order chi connectivity index (χ1) is 8.54. The number of hydrogen-bond acceptors (Lipinski definition) is 2. The monoisotopic (exact) mass is 270 g/mol. The minimum atomic E-state index is -0.355. The molecule has 0 spiro atoms. The van der Waals surface area contributed by atoms with Gasteiger partial charge in [-0.1, -0.05) is 18.5 Å². The van der Waals surface area contributed by atoms with Crippen LogP contribution in [0.2, 0.25) is 5.02 Å². The number of anilines is 1. The van der Waals surface area contributed by atoms with Crippen LogP contribution in [-0.2, 0) is 0 Å². The topological polar surface area (TPSA) is 15.3 Å². The normalized spacial score (nSPS) is 28.5. The fourth-order valence-corrected chi connectivity index (χ4v) is 2.97. The Kier molecular flexibility index (Phi) is 4.13. The Morgan fingerprint density at radius 3 is 2.72 bits per heavy atom. The molecule has 2 nitrogen and oxygen atoms in total. The largest absolute Gasteiger partial charge is 0.368 e. The summed E-state index contributed by atoms with van der Waals surface area (Å²) in [4.78, 5) is 2.31. The number of nitrogens with zero attached hydrogens (tertiary/aromatic N) is 1. The Labute approximate surface area is 113 Å². The van der Waals surface area contributed by atoms with Gasteiger partial charge >= 0.3 is 0 Å². The third-order valence-electron chi connectivity index (χ3n) is 4.17. The van der Waals surface area contributed by atoms with Crippen LogP contribution < -0.4 is 10.2 Å². The lowest BCUT2D eigenvalue weighted by Crippen LogP contribution is -2.52. The highest BCUT2D eigenvalue weighted by atomic mass is 35.5. The predicted octanol–water partition coefficient (Wildman–Crippen LogP) is 3.30. The highest BCUT2D eigenvalue weighted by Crippen LogP contribution is 2.30. The lowest BCUT2D eigenvalue weighted by atomic mass is 9.87. The molecule has 1 N–H and O–H groups in total. The van der Waals surface area contributed by atoms with E-state index in [4.69, 9.17) is 11.6 Å². The Hall–Kier alpha value is -0.800. The Morgan fingerprint density at radius 2 is 2.11 bits per heavy atom. The van der Waals surface area contributed by atoms with Crippen molar-refractivity contribution < 1.29 is 4.39 Å². The number of halogens is 2. The van der Waals surface area contributed by atoms with E-state index < -0.39 is 0 Å². The van der Waals surface area contributed by atoms with Gasteiger partial charge in [0.2, 0.25) is 0 Å². The van der Waals surface area contributed by atoms with Crippen molar-refractivity contribution in [3.05, 3.63) is 29.0 Å². The standard InChI is InChI=1S/C14H20ClFN2/c1-9-10(2)18(7-6-14(9)17-3)11-4-5-13(16)12(15)8-11/h4-5,8-10,14,17H,6-7H2,1-3H3. The highest BCUT2D eigenvalue weighted by Gasteiger charge is 2.31. The van der Waals surface area contributed by atoms with Crippen molar-refractivity contribution in [2.75, 3.05) is 18.5 Å². The Balaban J connectivity index is 2.21. The van der Waals surface area contributed by atoms with Crippen molar-refractivity contribution >= 4 is 17.3 Å². The van der Waals surface area contributed by atoms with E-state index in [-0.39, 0.29) is 10.8 Å². The van der Waals surface area contributed by atoms with E-state index in [1.54, 1.807) is 6.07 Å². The van der Waals surface area contributed by atoms with Gasteiger partial charge in [0.1, 0.15) is 5.82 Å². The highest BCUT2D eigenvalue weighted by molar-refractivity contribution is 6.31. The van der Waals surface area contributed by atoms with Gasteiger partial charge < -0.3 is 10.2 Å². The first kappa shape index (κ1) is 13.6. The van der Waals surface area contributed by atoms with Gasteiger partial charge in [0, 0.05) is 24.3 Å². The number of benzene rings is 1. The van der Waals surface area contributed by atoms with Crippen LogP contribution in [-0.4, -0.2) is 25.7 Å². The van der Waals surface area contributed by atoms with E-state index in [2.05, 4.69) is 24.1 Å². The molecule has 0 aromatic heterocycles. The lowest BCUT2D eigenvalue weighted by Gasteiger charge is -2.44. The summed E-state index contributed by atoms with van der Waals surface area (Å²) in [5.41, 5.74) is 1.01. The van der Waals surface area contributed by atoms with Crippen LogP contribution in [0.15, 0.2) is 18.2 Å². The first-order valence-corrected chi connectivity index (χ1v) is 6.81. The summed E-state index contributed by atoms with van der Waals surface area (Å²) in [5, 5.41) is 3.56. The molecule has 1 aliphatic heterocycles. The van der Waals surface area contributed by atoms with Crippen LogP contribution >= 0.6 is 11.6 Å². The summed E-state index contributed by atoms with van der Waals surface area (Å²) >= 11 is 5.86. The zero-order chi connectivity index (χ0) is 13.3. The lowest BCUT2D eigenvalue weighted by molar-refractivity contribution is 0.282. The zero-order valence-corrected chi connectivity index (χ0v) is 11.8. The molecule has 0 bridgehead atoms. The van der Waals surface area contributed by atoms with E-state index in [0.717, 1.165) is 18.7 Å². The van der Waals surface area contributed by atoms with Gasteiger partial charge in [0.25, 0.3) is 0 Å². The first-order valence-electron chi connectivity index (χ1n) is 6.43.